The summed E-state index contributed by atoms with van der Waals surface area (Å²) in [5, 5.41) is 0. The van der Waals surface area contributed by atoms with Crippen molar-refractivity contribution in [2.75, 3.05) is 13.7 Å². The molecular formula is C20H37O7PSi. The van der Waals surface area contributed by atoms with E-state index in [-0.39, 0.29) is 12.4 Å². The van der Waals surface area contributed by atoms with Crippen LogP contribution in [0.5, 0.6) is 0 Å². The van der Waals surface area contributed by atoms with Crippen LogP contribution >= 0.6 is 9.47 Å². The molecule has 29 heavy (non-hydrogen) atoms. The van der Waals surface area contributed by atoms with E-state index in [4.69, 9.17) is 23.2 Å². The lowest BCUT2D eigenvalue weighted by molar-refractivity contribution is -0.196. The van der Waals surface area contributed by atoms with Crippen molar-refractivity contribution in [2.24, 2.45) is 10.8 Å². The third kappa shape index (κ3) is 7.26. The molecule has 1 aliphatic rings. The maximum atomic E-state index is 13.4. The molecule has 1 saturated heterocycles. The summed E-state index contributed by atoms with van der Waals surface area (Å²) in [6.45, 7) is 13.6. The lowest BCUT2D eigenvalue weighted by Gasteiger charge is -2.37. The molecular weight excluding hydrogens is 411 g/mol. The molecule has 1 heterocycles. The SMILES string of the molecule is COC(=O)C(C)(C)CC(C)(C(=O)OC1CCCCO1)C(C)=C(OP)O[Si](C)(C)C. The highest BCUT2D eigenvalue weighted by Crippen LogP contribution is 2.43. The highest BCUT2D eigenvalue weighted by atomic mass is 31.0. The van der Waals surface area contributed by atoms with Crippen LogP contribution in [0, 0.1) is 10.8 Å². The first kappa shape index (κ1) is 25.9. The molecule has 0 aromatic heterocycles. The molecule has 7 nitrogen and oxygen atoms in total. The molecule has 0 bridgehead atoms. The summed E-state index contributed by atoms with van der Waals surface area (Å²) in [4.78, 5) is 25.7. The van der Waals surface area contributed by atoms with Crippen molar-refractivity contribution in [3.63, 3.8) is 0 Å². The average Bonchev–Trinajstić information content (AvgIpc) is 2.64. The number of esters is 2. The van der Waals surface area contributed by atoms with Gasteiger partial charge in [-0.05, 0) is 66.6 Å². The molecule has 1 rings (SSSR count). The van der Waals surface area contributed by atoms with Crippen LogP contribution in [0.2, 0.25) is 19.6 Å². The summed E-state index contributed by atoms with van der Waals surface area (Å²) in [5.74, 6) is -0.617. The van der Waals surface area contributed by atoms with Gasteiger partial charge in [0.25, 0.3) is 5.95 Å². The smallest absolute Gasteiger partial charge is 0.318 e. The molecule has 168 valence electrons. The third-order valence-corrected chi connectivity index (χ3v) is 6.01. The second-order valence-electron chi connectivity index (χ2n) is 9.33. The van der Waals surface area contributed by atoms with Crippen molar-refractivity contribution in [3.05, 3.63) is 11.5 Å². The van der Waals surface area contributed by atoms with Crippen LogP contribution in [0.3, 0.4) is 0 Å². The van der Waals surface area contributed by atoms with Gasteiger partial charge < -0.3 is 23.2 Å². The quantitative estimate of drug-likeness (QED) is 0.222. The van der Waals surface area contributed by atoms with Gasteiger partial charge >= 0.3 is 11.9 Å². The van der Waals surface area contributed by atoms with Gasteiger partial charge in [0, 0.05) is 12.0 Å². The zero-order valence-corrected chi connectivity index (χ0v) is 21.2. The minimum atomic E-state index is -2.01. The van der Waals surface area contributed by atoms with E-state index < -0.39 is 37.4 Å². The number of hydrogen-bond acceptors (Lipinski definition) is 7. The van der Waals surface area contributed by atoms with Crippen molar-refractivity contribution in [3.8, 4) is 0 Å². The Balaban J connectivity index is 3.34. The van der Waals surface area contributed by atoms with Crippen LogP contribution in [0.25, 0.3) is 0 Å². The Morgan fingerprint density at radius 2 is 1.76 bits per heavy atom. The van der Waals surface area contributed by atoms with Crippen LogP contribution in [-0.4, -0.2) is 40.3 Å². The fourth-order valence-corrected chi connectivity index (χ4v) is 4.41. The number of methoxy groups -OCH3 is 1. The average molecular weight is 449 g/mol. The molecule has 9 heteroatoms. The lowest BCUT2D eigenvalue weighted by Crippen LogP contribution is -2.42. The fraction of sp³-hybridized carbons (Fsp3) is 0.800. The number of carbonyl (C=O) groups excluding carboxylic acids is 2. The standard InChI is InChI=1S/C20H37O7PSi/c1-14(16(26-28)27-29(6,7)8)20(4,13-19(2,3)17(21)23-5)18(22)25-15-11-9-10-12-24-15/h15H,9-13,28H2,1-8H3. The largest absolute Gasteiger partial charge is 0.520 e. The lowest BCUT2D eigenvalue weighted by atomic mass is 9.70. The van der Waals surface area contributed by atoms with Gasteiger partial charge in [-0.15, -0.1) is 0 Å². The third-order valence-electron chi connectivity index (χ3n) is 5.00. The van der Waals surface area contributed by atoms with E-state index in [2.05, 4.69) is 9.47 Å². The van der Waals surface area contributed by atoms with Gasteiger partial charge in [0.1, 0.15) is 0 Å². The Hall–Kier alpha value is -1.11. The predicted molar refractivity (Wildman–Crippen MR) is 116 cm³/mol. The minimum Gasteiger partial charge on any atom is -0.520 e. The van der Waals surface area contributed by atoms with Crippen LogP contribution in [0.15, 0.2) is 11.5 Å². The molecule has 3 atom stereocenters. The molecule has 1 aliphatic heterocycles. The topological polar surface area (TPSA) is 80.3 Å². The number of rotatable bonds is 9. The number of carbonyl (C=O) groups is 2. The minimum absolute atomic E-state index is 0.163. The molecule has 0 aromatic rings. The van der Waals surface area contributed by atoms with E-state index in [1.807, 2.05) is 19.6 Å². The van der Waals surface area contributed by atoms with E-state index in [1.165, 1.54) is 7.11 Å². The van der Waals surface area contributed by atoms with Crippen molar-refractivity contribution in [2.45, 2.75) is 79.3 Å². The number of hydrogen-bond donors (Lipinski definition) is 0. The van der Waals surface area contributed by atoms with E-state index in [1.54, 1.807) is 27.7 Å². The molecule has 0 N–H and O–H groups in total. The first-order chi connectivity index (χ1) is 13.3. The monoisotopic (exact) mass is 448 g/mol. The van der Waals surface area contributed by atoms with Crippen LogP contribution in [0.4, 0.5) is 0 Å². The first-order valence-electron chi connectivity index (χ1n) is 9.95. The summed E-state index contributed by atoms with van der Waals surface area (Å²) in [7, 11) is 1.50. The molecule has 0 spiro atoms. The highest BCUT2D eigenvalue weighted by Gasteiger charge is 2.48. The van der Waals surface area contributed by atoms with Crippen molar-refractivity contribution >= 4 is 29.7 Å². The second-order valence-corrected chi connectivity index (χ2v) is 14.0. The molecule has 0 radical (unpaired) electrons. The maximum absolute atomic E-state index is 13.4. The normalized spacial score (nSPS) is 20.8. The van der Waals surface area contributed by atoms with Gasteiger partial charge in [-0.25, -0.2) is 0 Å². The molecule has 0 amide bonds. The van der Waals surface area contributed by atoms with E-state index in [9.17, 15) is 9.59 Å². The van der Waals surface area contributed by atoms with Crippen molar-refractivity contribution < 1.29 is 32.7 Å². The number of ether oxygens (including phenoxy) is 3. The van der Waals surface area contributed by atoms with E-state index in [0.717, 1.165) is 12.8 Å². The Morgan fingerprint density at radius 3 is 2.21 bits per heavy atom. The molecule has 0 aliphatic carbocycles. The van der Waals surface area contributed by atoms with Gasteiger partial charge in [0.05, 0.1) is 34.0 Å². The van der Waals surface area contributed by atoms with E-state index in [0.29, 0.717) is 18.6 Å². The Bertz CT molecular complexity index is 621. The molecule has 3 unspecified atom stereocenters. The Morgan fingerprint density at radius 1 is 1.14 bits per heavy atom. The Labute approximate surface area is 178 Å². The van der Waals surface area contributed by atoms with Gasteiger partial charge in [0.15, 0.2) is 0 Å². The van der Waals surface area contributed by atoms with Crippen LogP contribution in [0.1, 0.15) is 53.4 Å². The first-order valence-corrected chi connectivity index (χ1v) is 13.8. The second kappa shape index (κ2) is 10.3. The van der Waals surface area contributed by atoms with Crippen molar-refractivity contribution in [1.29, 1.82) is 0 Å². The summed E-state index contributed by atoms with van der Waals surface area (Å²) < 4.78 is 27.7. The summed E-state index contributed by atoms with van der Waals surface area (Å²) in [5.41, 5.74) is -1.54. The summed E-state index contributed by atoms with van der Waals surface area (Å²) in [6.07, 6.45) is 2.13. The zero-order chi connectivity index (χ0) is 22.5. The van der Waals surface area contributed by atoms with Gasteiger partial charge in [-0.3, -0.25) is 9.59 Å². The maximum Gasteiger partial charge on any atom is 0.318 e. The van der Waals surface area contributed by atoms with E-state index >= 15 is 0 Å². The predicted octanol–water partition coefficient (Wildman–Crippen LogP) is 4.54. The van der Waals surface area contributed by atoms with Gasteiger partial charge in [-0.1, -0.05) is 0 Å². The summed E-state index contributed by atoms with van der Waals surface area (Å²) >= 11 is 0. The van der Waals surface area contributed by atoms with Gasteiger partial charge in [-0.2, -0.15) is 0 Å². The molecule has 0 saturated carbocycles. The molecule has 1 fully saturated rings. The van der Waals surface area contributed by atoms with Crippen molar-refractivity contribution in [1.82, 2.24) is 0 Å². The zero-order valence-electron chi connectivity index (χ0n) is 19.0. The van der Waals surface area contributed by atoms with Crippen LogP contribution < -0.4 is 0 Å². The fourth-order valence-electron chi connectivity index (χ4n) is 3.34. The molecule has 0 aromatic carbocycles. The van der Waals surface area contributed by atoms with Gasteiger partial charge in [0.2, 0.25) is 14.6 Å². The Kier molecular flexibility index (Phi) is 9.18. The summed E-state index contributed by atoms with van der Waals surface area (Å²) in [6, 6.07) is 0. The van der Waals surface area contributed by atoms with Crippen LogP contribution in [-0.2, 0) is 32.7 Å². The highest BCUT2D eigenvalue weighted by molar-refractivity contribution is 7.10.